The first-order valence-electron chi connectivity index (χ1n) is 8.98. The minimum absolute atomic E-state index is 0.219. The van der Waals surface area contributed by atoms with Gasteiger partial charge in [0.2, 0.25) is 0 Å². The van der Waals surface area contributed by atoms with E-state index in [1.165, 1.54) is 16.2 Å². The standard InChI is InChI=1S/C20H22BrN3O2S/c1-12(2)23-24-19(26)17-15-6-4-3-5-7-16(15)27-20(17)22-18(25)13-8-10-14(21)11-9-13/h8-11H,3-7H2,1-2H3,(H,22,25)(H,24,26). The van der Waals surface area contributed by atoms with Crippen molar-refractivity contribution in [2.24, 2.45) is 5.10 Å². The van der Waals surface area contributed by atoms with Gasteiger partial charge in [-0.25, -0.2) is 5.43 Å². The van der Waals surface area contributed by atoms with Gasteiger partial charge in [0.1, 0.15) is 5.00 Å². The van der Waals surface area contributed by atoms with Gasteiger partial charge < -0.3 is 5.32 Å². The Kier molecular flexibility index (Phi) is 6.44. The van der Waals surface area contributed by atoms with Gasteiger partial charge in [-0.1, -0.05) is 22.4 Å². The number of aryl methyl sites for hydroxylation is 1. The van der Waals surface area contributed by atoms with E-state index in [2.05, 4.69) is 31.8 Å². The van der Waals surface area contributed by atoms with E-state index >= 15 is 0 Å². The zero-order valence-corrected chi connectivity index (χ0v) is 17.8. The molecule has 1 aromatic carbocycles. The predicted molar refractivity (Wildman–Crippen MR) is 114 cm³/mol. The van der Waals surface area contributed by atoms with Crippen molar-refractivity contribution >= 4 is 49.8 Å². The number of carbonyl (C=O) groups is 2. The number of hydrazone groups is 1. The molecular formula is C20H22BrN3O2S. The second-order valence-electron chi connectivity index (χ2n) is 6.73. The van der Waals surface area contributed by atoms with Crippen LogP contribution in [-0.2, 0) is 12.8 Å². The van der Waals surface area contributed by atoms with Crippen LogP contribution in [-0.4, -0.2) is 17.5 Å². The maximum atomic E-state index is 12.8. The normalized spacial score (nSPS) is 13.3. The van der Waals surface area contributed by atoms with Crippen molar-refractivity contribution in [3.8, 4) is 0 Å². The monoisotopic (exact) mass is 447 g/mol. The molecule has 3 rings (SSSR count). The van der Waals surface area contributed by atoms with E-state index in [1.54, 1.807) is 12.1 Å². The lowest BCUT2D eigenvalue weighted by molar-refractivity contribution is 0.0955. The number of carbonyl (C=O) groups excluding carboxylic acids is 2. The molecular weight excluding hydrogens is 426 g/mol. The zero-order valence-electron chi connectivity index (χ0n) is 15.4. The summed E-state index contributed by atoms with van der Waals surface area (Å²) in [5, 5.41) is 7.60. The van der Waals surface area contributed by atoms with Crippen LogP contribution in [0.2, 0.25) is 0 Å². The average Bonchev–Trinajstić information content (AvgIpc) is 2.81. The van der Waals surface area contributed by atoms with E-state index in [0.717, 1.165) is 47.9 Å². The van der Waals surface area contributed by atoms with Crippen LogP contribution in [0.4, 0.5) is 5.00 Å². The summed E-state index contributed by atoms with van der Waals surface area (Å²) in [6.07, 6.45) is 5.14. The molecule has 0 saturated carbocycles. The second kappa shape index (κ2) is 8.80. The van der Waals surface area contributed by atoms with Crippen LogP contribution in [0.25, 0.3) is 0 Å². The second-order valence-corrected chi connectivity index (χ2v) is 8.75. The third-order valence-corrected chi connectivity index (χ3v) is 6.10. The Bertz CT molecular complexity index is 883. The molecule has 0 fully saturated rings. The zero-order chi connectivity index (χ0) is 19.4. The fraction of sp³-hybridized carbons (Fsp3) is 0.350. The Balaban J connectivity index is 1.93. The summed E-state index contributed by atoms with van der Waals surface area (Å²) in [7, 11) is 0. The van der Waals surface area contributed by atoms with Crippen LogP contribution in [0.3, 0.4) is 0 Å². The number of nitrogens with one attached hydrogen (secondary N) is 2. The molecule has 27 heavy (non-hydrogen) atoms. The predicted octanol–water partition coefficient (Wildman–Crippen LogP) is 5.16. The van der Waals surface area contributed by atoms with Gasteiger partial charge >= 0.3 is 0 Å². The molecule has 0 atom stereocenters. The van der Waals surface area contributed by atoms with Crippen molar-refractivity contribution < 1.29 is 9.59 Å². The number of nitrogens with zero attached hydrogens (tertiary/aromatic N) is 1. The molecule has 1 aromatic heterocycles. The molecule has 0 aliphatic heterocycles. The van der Waals surface area contributed by atoms with Crippen molar-refractivity contribution in [3.63, 3.8) is 0 Å². The molecule has 1 heterocycles. The smallest absolute Gasteiger partial charge is 0.274 e. The third kappa shape index (κ3) is 4.84. The van der Waals surface area contributed by atoms with E-state index in [1.807, 2.05) is 26.0 Å². The Morgan fingerprint density at radius 3 is 2.44 bits per heavy atom. The van der Waals surface area contributed by atoms with Crippen LogP contribution in [0.5, 0.6) is 0 Å². The van der Waals surface area contributed by atoms with Gasteiger partial charge in [-0.2, -0.15) is 5.10 Å². The maximum absolute atomic E-state index is 12.8. The first kappa shape index (κ1) is 19.8. The van der Waals surface area contributed by atoms with Gasteiger partial charge in [0.15, 0.2) is 0 Å². The summed E-state index contributed by atoms with van der Waals surface area (Å²) in [6, 6.07) is 7.15. The largest absolute Gasteiger partial charge is 0.313 e. The fourth-order valence-corrected chi connectivity index (χ4v) is 4.61. The fourth-order valence-electron chi connectivity index (χ4n) is 3.07. The van der Waals surface area contributed by atoms with Crippen LogP contribution >= 0.6 is 27.3 Å². The number of rotatable bonds is 4. The molecule has 0 unspecified atom stereocenters. The van der Waals surface area contributed by atoms with Gasteiger partial charge in [0.05, 0.1) is 5.56 Å². The molecule has 0 radical (unpaired) electrons. The van der Waals surface area contributed by atoms with Crippen molar-refractivity contribution in [2.75, 3.05) is 5.32 Å². The Labute approximate surface area is 171 Å². The van der Waals surface area contributed by atoms with Crippen LogP contribution < -0.4 is 10.7 Å². The Hall–Kier alpha value is -1.99. The van der Waals surface area contributed by atoms with Crippen molar-refractivity contribution in [2.45, 2.75) is 46.0 Å². The molecule has 1 aliphatic rings. The number of anilines is 1. The molecule has 0 saturated heterocycles. The maximum Gasteiger partial charge on any atom is 0.274 e. The lowest BCUT2D eigenvalue weighted by atomic mass is 10.0. The highest BCUT2D eigenvalue weighted by Gasteiger charge is 2.26. The lowest BCUT2D eigenvalue weighted by Gasteiger charge is -2.08. The Morgan fingerprint density at radius 1 is 1.04 bits per heavy atom. The summed E-state index contributed by atoms with van der Waals surface area (Å²) in [6.45, 7) is 3.65. The highest BCUT2D eigenvalue weighted by Crippen LogP contribution is 2.37. The van der Waals surface area contributed by atoms with Crippen LogP contribution in [0, 0.1) is 0 Å². The summed E-state index contributed by atoms with van der Waals surface area (Å²) in [4.78, 5) is 26.7. The van der Waals surface area contributed by atoms with Crippen molar-refractivity contribution in [1.82, 2.24) is 5.43 Å². The average molecular weight is 448 g/mol. The molecule has 2 N–H and O–H groups in total. The molecule has 7 heteroatoms. The third-order valence-electron chi connectivity index (χ3n) is 4.36. The molecule has 2 aromatic rings. The van der Waals surface area contributed by atoms with E-state index in [0.29, 0.717) is 16.1 Å². The molecule has 1 aliphatic carbocycles. The number of thiophene rings is 1. The molecule has 0 spiro atoms. The molecule has 2 amide bonds. The number of halogens is 1. The van der Waals surface area contributed by atoms with Gasteiger partial charge in [-0.05, 0) is 69.4 Å². The molecule has 5 nitrogen and oxygen atoms in total. The van der Waals surface area contributed by atoms with E-state index in [4.69, 9.17) is 0 Å². The first-order chi connectivity index (χ1) is 13.0. The van der Waals surface area contributed by atoms with Gasteiger partial charge in [-0.15, -0.1) is 11.3 Å². The molecule has 142 valence electrons. The quantitative estimate of drug-likeness (QED) is 0.386. The summed E-state index contributed by atoms with van der Waals surface area (Å²) >= 11 is 4.89. The minimum atomic E-state index is -0.262. The summed E-state index contributed by atoms with van der Waals surface area (Å²) < 4.78 is 0.912. The van der Waals surface area contributed by atoms with Crippen LogP contribution in [0.1, 0.15) is 64.3 Å². The van der Waals surface area contributed by atoms with Gasteiger partial charge in [0, 0.05) is 20.6 Å². The van der Waals surface area contributed by atoms with E-state index < -0.39 is 0 Å². The topological polar surface area (TPSA) is 70.6 Å². The SMILES string of the molecule is CC(C)=NNC(=O)c1c(NC(=O)c2ccc(Br)cc2)sc2c1CCCCC2. The Morgan fingerprint density at radius 2 is 1.74 bits per heavy atom. The first-order valence-corrected chi connectivity index (χ1v) is 10.6. The van der Waals surface area contributed by atoms with Crippen molar-refractivity contribution in [3.05, 3.63) is 50.3 Å². The minimum Gasteiger partial charge on any atom is -0.313 e. The summed E-state index contributed by atoms with van der Waals surface area (Å²) in [5.74, 6) is -0.482. The number of hydrogen-bond acceptors (Lipinski definition) is 4. The number of benzene rings is 1. The van der Waals surface area contributed by atoms with E-state index in [9.17, 15) is 9.59 Å². The number of amides is 2. The highest BCUT2D eigenvalue weighted by atomic mass is 79.9. The summed E-state index contributed by atoms with van der Waals surface area (Å²) in [5.41, 5.74) is 5.56. The van der Waals surface area contributed by atoms with E-state index in [-0.39, 0.29) is 11.8 Å². The lowest BCUT2D eigenvalue weighted by Crippen LogP contribution is -2.22. The van der Waals surface area contributed by atoms with Gasteiger partial charge in [0.25, 0.3) is 11.8 Å². The van der Waals surface area contributed by atoms with Crippen molar-refractivity contribution in [1.29, 1.82) is 0 Å². The van der Waals surface area contributed by atoms with Gasteiger partial charge in [-0.3, -0.25) is 9.59 Å². The molecule has 0 bridgehead atoms. The van der Waals surface area contributed by atoms with Crippen LogP contribution in [0.15, 0.2) is 33.8 Å². The number of fused-ring (bicyclic) bond motifs is 1. The highest BCUT2D eigenvalue weighted by molar-refractivity contribution is 9.10. The number of hydrogen-bond donors (Lipinski definition) is 2.